The van der Waals surface area contributed by atoms with Crippen LogP contribution >= 0.6 is 0 Å². The number of esters is 2. The van der Waals surface area contributed by atoms with Gasteiger partial charge in [-0.05, 0) is 19.9 Å². The van der Waals surface area contributed by atoms with E-state index in [1.807, 2.05) is 6.07 Å². The molecule has 1 unspecified atom stereocenters. The number of ether oxygens (including phenoxy) is 3. The Morgan fingerprint density at radius 3 is 2.59 bits per heavy atom. The lowest BCUT2D eigenvalue weighted by Gasteiger charge is -2.35. The molecule has 0 aromatic heterocycles. The zero-order valence-corrected chi connectivity index (χ0v) is 17.8. The van der Waals surface area contributed by atoms with Crippen molar-refractivity contribution in [1.82, 2.24) is 4.90 Å². The number of benzene rings is 1. The molecule has 2 aliphatic heterocycles. The number of rotatable bonds is 7. The Labute approximate surface area is 185 Å². The minimum atomic E-state index is -1.93. The monoisotopic (exact) mass is 437 g/mol. The Hall–Kier alpha value is -4.06. The predicted molar refractivity (Wildman–Crippen MR) is 112 cm³/mol. The standard InChI is InChI=1S/C23H23N3O6/c1-4-11-26-16(12-18(27)30-5-2)19(21(28)31-6-3)23(22(26)29)14-9-7-8-10-17(14)32-20(25)15(23)13-24/h4,7-10H,1,5-6,11-12,25H2,2-3H3. The van der Waals surface area contributed by atoms with Gasteiger partial charge >= 0.3 is 11.9 Å². The Morgan fingerprint density at radius 2 is 1.97 bits per heavy atom. The van der Waals surface area contributed by atoms with Crippen LogP contribution in [0.3, 0.4) is 0 Å². The summed E-state index contributed by atoms with van der Waals surface area (Å²) >= 11 is 0. The smallest absolute Gasteiger partial charge is 0.337 e. The molecular weight excluding hydrogens is 414 g/mol. The second-order valence-electron chi connectivity index (χ2n) is 6.93. The number of carbonyl (C=O) groups is 3. The maximum atomic E-state index is 14.0. The third-order valence-electron chi connectivity index (χ3n) is 5.21. The number of hydrogen-bond acceptors (Lipinski definition) is 8. The summed E-state index contributed by atoms with van der Waals surface area (Å²) in [5, 5.41) is 10.0. The lowest BCUT2D eigenvalue weighted by molar-refractivity contribution is -0.142. The molecule has 1 aromatic carbocycles. The van der Waals surface area contributed by atoms with Crippen LogP contribution in [0.25, 0.3) is 0 Å². The summed E-state index contributed by atoms with van der Waals surface area (Å²) in [6.07, 6.45) is 1.07. The number of amides is 1. The number of nitrogens with zero attached hydrogens (tertiary/aromatic N) is 2. The molecule has 0 radical (unpaired) electrons. The molecule has 0 aliphatic carbocycles. The van der Waals surface area contributed by atoms with E-state index in [2.05, 4.69) is 6.58 Å². The predicted octanol–water partition coefficient (Wildman–Crippen LogP) is 1.81. The first-order valence-electron chi connectivity index (χ1n) is 10.0. The molecule has 1 atom stereocenters. The quantitative estimate of drug-likeness (QED) is 0.505. The van der Waals surface area contributed by atoms with Crippen molar-refractivity contribution in [1.29, 1.82) is 5.26 Å². The molecule has 1 spiro atoms. The first-order valence-corrected chi connectivity index (χ1v) is 10.0. The van der Waals surface area contributed by atoms with E-state index < -0.39 is 23.3 Å². The first kappa shape index (κ1) is 22.6. The van der Waals surface area contributed by atoms with Crippen molar-refractivity contribution in [2.45, 2.75) is 25.7 Å². The van der Waals surface area contributed by atoms with Gasteiger partial charge in [-0.25, -0.2) is 4.79 Å². The van der Waals surface area contributed by atoms with Crippen LogP contribution in [0.15, 0.2) is 59.6 Å². The molecule has 2 N–H and O–H groups in total. The Bertz CT molecular complexity index is 1100. The molecule has 166 valence electrons. The number of hydrogen-bond donors (Lipinski definition) is 1. The fourth-order valence-corrected chi connectivity index (χ4v) is 4.09. The first-order chi connectivity index (χ1) is 15.4. The molecule has 2 aliphatic rings. The van der Waals surface area contributed by atoms with Crippen LogP contribution < -0.4 is 10.5 Å². The maximum absolute atomic E-state index is 14.0. The van der Waals surface area contributed by atoms with Gasteiger partial charge in [-0.3, -0.25) is 9.59 Å². The van der Waals surface area contributed by atoms with Gasteiger partial charge in [-0.1, -0.05) is 24.3 Å². The molecule has 3 rings (SSSR count). The Morgan fingerprint density at radius 1 is 1.28 bits per heavy atom. The van der Waals surface area contributed by atoms with Crippen LogP contribution in [0.5, 0.6) is 5.75 Å². The Kier molecular flexibility index (Phi) is 6.35. The van der Waals surface area contributed by atoms with Gasteiger partial charge in [0.15, 0.2) is 5.41 Å². The molecule has 0 bridgehead atoms. The summed E-state index contributed by atoms with van der Waals surface area (Å²) in [6.45, 7) is 7.05. The molecule has 0 saturated carbocycles. The lowest BCUT2D eigenvalue weighted by Crippen LogP contribution is -2.47. The number of nitrogens with two attached hydrogens (primary N) is 1. The van der Waals surface area contributed by atoms with Crippen molar-refractivity contribution in [3.63, 3.8) is 0 Å². The maximum Gasteiger partial charge on any atom is 0.337 e. The third kappa shape index (κ3) is 3.30. The summed E-state index contributed by atoms with van der Waals surface area (Å²) in [7, 11) is 0. The minimum Gasteiger partial charge on any atom is -0.466 e. The molecule has 9 heteroatoms. The Balaban J connectivity index is 2.43. The molecule has 1 aromatic rings. The molecule has 0 fully saturated rings. The van der Waals surface area contributed by atoms with Crippen molar-refractivity contribution in [3.05, 3.63) is 65.2 Å². The van der Waals surface area contributed by atoms with Gasteiger partial charge in [0.05, 0.1) is 25.2 Å². The van der Waals surface area contributed by atoms with E-state index in [4.69, 9.17) is 19.9 Å². The van der Waals surface area contributed by atoms with E-state index in [0.717, 1.165) is 0 Å². The third-order valence-corrected chi connectivity index (χ3v) is 5.21. The largest absolute Gasteiger partial charge is 0.466 e. The molecule has 2 heterocycles. The fraction of sp³-hybridized carbons (Fsp3) is 0.304. The van der Waals surface area contributed by atoms with Crippen LogP contribution in [-0.4, -0.2) is 42.5 Å². The van der Waals surface area contributed by atoms with Gasteiger partial charge < -0.3 is 24.8 Å². The molecule has 9 nitrogen and oxygen atoms in total. The van der Waals surface area contributed by atoms with Gasteiger partial charge in [-0.2, -0.15) is 5.26 Å². The van der Waals surface area contributed by atoms with E-state index in [1.165, 1.54) is 11.0 Å². The average molecular weight is 437 g/mol. The van der Waals surface area contributed by atoms with Crippen molar-refractivity contribution in [2.24, 2.45) is 5.73 Å². The van der Waals surface area contributed by atoms with Crippen LogP contribution in [0.2, 0.25) is 0 Å². The van der Waals surface area contributed by atoms with Crippen molar-refractivity contribution in [2.75, 3.05) is 19.8 Å². The number of para-hydroxylation sites is 1. The van der Waals surface area contributed by atoms with Gasteiger partial charge in [0, 0.05) is 17.8 Å². The summed E-state index contributed by atoms with van der Waals surface area (Å²) in [4.78, 5) is 40.9. The van der Waals surface area contributed by atoms with Gasteiger partial charge in [-0.15, -0.1) is 6.58 Å². The highest BCUT2D eigenvalue weighted by Gasteiger charge is 2.62. The van der Waals surface area contributed by atoms with Gasteiger partial charge in [0.25, 0.3) is 0 Å². The summed E-state index contributed by atoms with van der Waals surface area (Å²) < 4.78 is 15.9. The molecule has 0 saturated heterocycles. The zero-order chi connectivity index (χ0) is 23.5. The lowest BCUT2D eigenvalue weighted by atomic mass is 9.68. The molecule has 32 heavy (non-hydrogen) atoms. The summed E-state index contributed by atoms with van der Waals surface area (Å²) in [5.74, 6) is -2.20. The van der Waals surface area contributed by atoms with Crippen LogP contribution in [0.4, 0.5) is 0 Å². The molecular formula is C23H23N3O6. The number of fused-ring (bicyclic) bond motifs is 2. The van der Waals surface area contributed by atoms with Crippen molar-refractivity contribution in [3.8, 4) is 11.8 Å². The summed E-state index contributed by atoms with van der Waals surface area (Å²) in [5.41, 5.74) is 4.04. The summed E-state index contributed by atoms with van der Waals surface area (Å²) in [6, 6.07) is 8.42. The second-order valence-corrected chi connectivity index (χ2v) is 6.93. The minimum absolute atomic E-state index is 0.0139. The van der Waals surface area contributed by atoms with Crippen LogP contribution in [-0.2, 0) is 29.3 Å². The van der Waals surface area contributed by atoms with E-state index in [9.17, 15) is 19.6 Å². The van der Waals surface area contributed by atoms with Crippen LogP contribution in [0, 0.1) is 11.3 Å². The van der Waals surface area contributed by atoms with Crippen molar-refractivity contribution >= 4 is 17.8 Å². The second kappa shape index (κ2) is 8.98. The average Bonchev–Trinajstić information content (AvgIpc) is 2.98. The van der Waals surface area contributed by atoms with Crippen LogP contribution in [0.1, 0.15) is 25.8 Å². The number of nitriles is 1. The SMILES string of the molecule is C=CCN1C(=O)C2(C(C#N)=C(N)Oc3ccccc32)C(C(=O)OCC)=C1CC(=O)OCC. The van der Waals surface area contributed by atoms with Gasteiger partial charge in [0.1, 0.15) is 17.4 Å². The normalized spacial score (nSPS) is 19.4. The van der Waals surface area contributed by atoms with E-state index >= 15 is 0 Å². The topological polar surface area (TPSA) is 132 Å². The highest BCUT2D eigenvalue weighted by molar-refractivity contribution is 6.13. The fourth-order valence-electron chi connectivity index (χ4n) is 4.09. The highest BCUT2D eigenvalue weighted by Crippen LogP contribution is 2.54. The van der Waals surface area contributed by atoms with Gasteiger partial charge in [0.2, 0.25) is 11.8 Å². The highest BCUT2D eigenvalue weighted by atomic mass is 16.5. The van der Waals surface area contributed by atoms with E-state index in [0.29, 0.717) is 0 Å². The number of carbonyl (C=O) groups excluding carboxylic acids is 3. The molecule has 1 amide bonds. The van der Waals surface area contributed by atoms with Crippen molar-refractivity contribution < 1.29 is 28.6 Å². The van der Waals surface area contributed by atoms with E-state index in [-0.39, 0.29) is 60.2 Å². The zero-order valence-electron chi connectivity index (χ0n) is 17.8. The van der Waals surface area contributed by atoms with E-state index in [1.54, 1.807) is 38.1 Å².